The molecule has 1 heterocycles. The van der Waals surface area contributed by atoms with E-state index in [4.69, 9.17) is 10.5 Å². The van der Waals surface area contributed by atoms with Gasteiger partial charge >= 0.3 is 0 Å². The van der Waals surface area contributed by atoms with Gasteiger partial charge in [-0.15, -0.1) is 0 Å². The number of nitrogens with zero attached hydrogens (tertiary/aromatic N) is 1. The predicted molar refractivity (Wildman–Crippen MR) is 81.7 cm³/mol. The molecule has 3 nitrogen and oxygen atoms in total. The summed E-state index contributed by atoms with van der Waals surface area (Å²) >= 11 is 0. The van der Waals surface area contributed by atoms with E-state index < -0.39 is 0 Å². The highest BCUT2D eigenvalue weighted by molar-refractivity contribution is 5.81. The summed E-state index contributed by atoms with van der Waals surface area (Å²) in [6.45, 7) is 2.45. The highest BCUT2D eigenvalue weighted by Crippen LogP contribution is 2.25. The quantitative estimate of drug-likeness (QED) is 0.734. The molecule has 100 valence electrons. The van der Waals surface area contributed by atoms with Gasteiger partial charge in [-0.05, 0) is 25.1 Å². The Balaban J connectivity index is 1.89. The number of aromatic nitrogens is 1. The smallest absolute Gasteiger partial charge is 0.124 e. The molecule has 0 saturated heterocycles. The SMILES string of the molecule is Cc1c(N)cccc1OCc1cccc2cccnc12. The third-order valence-electron chi connectivity index (χ3n) is 3.43. The summed E-state index contributed by atoms with van der Waals surface area (Å²) in [5.41, 5.74) is 9.67. The number of hydrogen-bond donors (Lipinski definition) is 1. The van der Waals surface area contributed by atoms with Gasteiger partial charge in [0.25, 0.3) is 0 Å². The molecule has 1 aromatic heterocycles. The fourth-order valence-corrected chi connectivity index (χ4v) is 2.23. The normalized spacial score (nSPS) is 10.7. The van der Waals surface area contributed by atoms with Crippen molar-refractivity contribution in [1.29, 1.82) is 0 Å². The number of ether oxygens (including phenoxy) is 1. The third-order valence-corrected chi connectivity index (χ3v) is 3.43. The van der Waals surface area contributed by atoms with Crippen LogP contribution < -0.4 is 10.5 Å². The Hall–Kier alpha value is -2.55. The highest BCUT2D eigenvalue weighted by Gasteiger charge is 2.05. The highest BCUT2D eigenvalue weighted by atomic mass is 16.5. The molecule has 3 heteroatoms. The van der Waals surface area contributed by atoms with Gasteiger partial charge in [-0.3, -0.25) is 4.98 Å². The fraction of sp³-hybridized carbons (Fsp3) is 0.118. The van der Waals surface area contributed by atoms with E-state index in [1.54, 1.807) is 6.20 Å². The summed E-state index contributed by atoms with van der Waals surface area (Å²) in [6.07, 6.45) is 1.80. The Labute approximate surface area is 118 Å². The minimum Gasteiger partial charge on any atom is -0.488 e. The Bertz CT molecular complexity index is 748. The topological polar surface area (TPSA) is 48.1 Å². The zero-order valence-corrected chi connectivity index (χ0v) is 11.3. The zero-order valence-electron chi connectivity index (χ0n) is 11.3. The van der Waals surface area contributed by atoms with Gasteiger partial charge < -0.3 is 10.5 Å². The van der Waals surface area contributed by atoms with E-state index in [9.17, 15) is 0 Å². The van der Waals surface area contributed by atoms with Crippen molar-refractivity contribution >= 4 is 16.6 Å². The van der Waals surface area contributed by atoms with Crippen molar-refractivity contribution in [2.45, 2.75) is 13.5 Å². The second kappa shape index (κ2) is 5.21. The number of nitrogen functional groups attached to an aromatic ring is 1. The maximum Gasteiger partial charge on any atom is 0.124 e. The molecule has 0 amide bonds. The Morgan fingerprint density at radius 3 is 2.75 bits per heavy atom. The lowest BCUT2D eigenvalue weighted by molar-refractivity contribution is 0.305. The lowest BCUT2D eigenvalue weighted by atomic mass is 10.1. The van der Waals surface area contributed by atoms with Crippen molar-refractivity contribution in [2.24, 2.45) is 0 Å². The van der Waals surface area contributed by atoms with Gasteiger partial charge in [0, 0.05) is 28.4 Å². The summed E-state index contributed by atoms with van der Waals surface area (Å²) < 4.78 is 5.89. The van der Waals surface area contributed by atoms with Crippen molar-refractivity contribution in [3.63, 3.8) is 0 Å². The number of nitrogens with two attached hydrogens (primary N) is 1. The van der Waals surface area contributed by atoms with Crippen LogP contribution in [-0.4, -0.2) is 4.98 Å². The molecule has 2 N–H and O–H groups in total. The minimum absolute atomic E-state index is 0.485. The first-order valence-corrected chi connectivity index (χ1v) is 6.56. The Morgan fingerprint density at radius 2 is 1.85 bits per heavy atom. The van der Waals surface area contributed by atoms with Crippen molar-refractivity contribution in [3.8, 4) is 5.75 Å². The van der Waals surface area contributed by atoms with Crippen LogP contribution in [0.1, 0.15) is 11.1 Å². The molecule has 3 aromatic rings. The van der Waals surface area contributed by atoms with Crippen LogP contribution in [0.3, 0.4) is 0 Å². The summed E-state index contributed by atoms with van der Waals surface area (Å²) in [7, 11) is 0. The van der Waals surface area contributed by atoms with Crippen LogP contribution in [0.2, 0.25) is 0 Å². The number of pyridine rings is 1. The first-order chi connectivity index (χ1) is 9.75. The van der Waals surface area contributed by atoms with Crippen LogP contribution in [0, 0.1) is 6.92 Å². The van der Waals surface area contributed by atoms with Gasteiger partial charge in [-0.1, -0.05) is 30.3 Å². The molecule has 0 saturated carbocycles. The predicted octanol–water partition coefficient (Wildman–Crippen LogP) is 3.70. The standard InChI is InChI=1S/C17H16N2O/c1-12-15(18)8-3-9-16(12)20-11-14-6-2-5-13-7-4-10-19-17(13)14/h2-10H,11,18H2,1H3. The fourth-order valence-electron chi connectivity index (χ4n) is 2.23. The Kier molecular flexibility index (Phi) is 3.25. The van der Waals surface area contributed by atoms with Crippen molar-refractivity contribution in [2.75, 3.05) is 5.73 Å². The van der Waals surface area contributed by atoms with Gasteiger partial charge in [0.15, 0.2) is 0 Å². The maximum atomic E-state index is 5.89. The molecular weight excluding hydrogens is 248 g/mol. The number of para-hydroxylation sites is 1. The first kappa shape index (κ1) is 12.5. The minimum atomic E-state index is 0.485. The van der Waals surface area contributed by atoms with Crippen LogP contribution in [-0.2, 0) is 6.61 Å². The summed E-state index contributed by atoms with van der Waals surface area (Å²) in [5, 5.41) is 1.12. The van der Waals surface area contributed by atoms with Crippen LogP contribution in [0.15, 0.2) is 54.7 Å². The van der Waals surface area contributed by atoms with E-state index in [-0.39, 0.29) is 0 Å². The molecular formula is C17H16N2O. The second-order valence-corrected chi connectivity index (χ2v) is 4.75. The van der Waals surface area contributed by atoms with E-state index in [0.29, 0.717) is 6.61 Å². The molecule has 0 spiro atoms. The third kappa shape index (κ3) is 2.30. The van der Waals surface area contributed by atoms with Crippen LogP contribution in [0.25, 0.3) is 10.9 Å². The molecule has 3 rings (SSSR count). The number of fused-ring (bicyclic) bond motifs is 1. The van der Waals surface area contributed by atoms with E-state index in [1.165, 1.54) is 0 Å². The van der Waals surface area contributed by atoms with E-state index >= 15 is 0 Å². The summed E-state index contributed by atoms with van der Waals surface area (Å²) in [4.78, 5) is 4.43. The number of benzene rings is 2. The first-order valence-electron chi connectivity index (χ1n) is 6.56. The second-order valence-electron chi connectivity index (χ2n) is 4.75. The van der Waals surface area contributed by atoms with E-state index in [2.05, 4.69) is 17.1 Å². The van der Waals surface area contributed by atoms with E-state index in [1.807, 2.05) is 43.3 Å². The number of rotatable bonds is 3. The zero-order chi connectivity index (χ0) is 13.9. The van der Waals surface area contributed by atoms with Crippen molar-refractivity contribution in [3.05, 3.63) is 65.9 Å². The van der Waals surface area contributed by atoms with Crippen LogP contribution in [0.4, 0.5) is 5.69 Å². The molecule has 0 aliphatic heterocycles. The van der Waals surface area contributed by atoms with Crippen LogP contribution >= 0.6 is 0 Å². The number of hydrogen-bond acceptors (Lipinski definition) is 3. The average molecular weight is 264 g/mol. The average Bonchev–Trinajstić information content (AvgIpc) is 2.49. The molecule has 0 fully saturated rings. The molecule has 0 radical (unpaired) electrons. The summed E-state index contributed by atoms with van der Waals surface area (Å²) in [5.74, 6) is 0.818. The lowest BCUT2D eigenvalue weighted by Gasteiger charge is -2.11. The molecule has 20 heavy (non-hydrogen) atoms. The molecule has 0 unspecified atom stereocenters. The molecule has 0 aliphatic carbocycles. The van der Waals surface area contributed by atoms with E-state index in [0.717, 1.165) is 33.5 Å². The van der Waals surface area contributed by atoms with Gasteiger partial charge in [-0.2, -0.15) is 0 Å². The lowest BCUT2D eigenvalue weighted by Crippen LogP contribution is -2.00. The van der Waals surface area contributed by atoms with Gasteiger partial charge in [-0.25, -0.2) is 0 Å². The molecule has 0 bridgehead atoms. The molecule has 2 aromatic carbocycles. The monoisotopic (exact) mass is 264 g/mol. The summed E-state index contributed by atoms with van der Waals surface area (Å²) in [6, 6.07) is 15.8. The van der Waals surface area contributed by atoms with Crippen LogP contribution in [0.5, 0.6) is 5.75 Å². The van der Waals surface area contributed by atoms with Gasteiger partial charge in [0.1, 0.15) is 12.4 Å². The largest absolute Gasteiger partial charge is 0.488 e. The maximum absolute atomic E-state index is 5.89. The molecule has 0 atom stereocenters. The molecule has 0 aliphatic rings. The number of anilines is 1. The van der Waals surface area contributed by atoms with Gasteiger partial charge in [0.2, 0.25) is 0 Å². The van der Waals surface area contributed by atoms with Gasteiger partial charge in [0.05, 0.1) is 5.52 Å². The van der Waals surface area contributed by atoms with Crippen molar-refractivity contribution in [1.82, 2.24) is 4.98 Å². The Morgan fingerprint density at radius 1 is 1.05 bits per heavy atom. The van der Waals surface area contributed by atoms with Crippen molar-refractivity contribution < 1.29 is 4.74 Å².